The van der Waals surface area contributed by atoms with E-state index in [1.807, 2.05) is 25.1 Å². The van der Waals surface area contributed by atoms with Crippen LogP contribution in [0.1, 0.15) is 120 Å². The number of ketones is 4. The van der Waals surface area contributed by atoms with Crippen LogP contribution in [0.4, 0.5) is 0 Å². The van der Waals surface area contributed by atoms with Crippen LogP contribution in [0.5, 0.6) is 11.5 Å². The van der Waals surface area contributed by atoms with Gasteiger partial charge in [-0.2, -0.15) is 0 Å². The molecule has 0 aliphatic heterocycles. The first kappa shape index (κ1) is 36.5. The molecule has 0 aromatic heterocycles. The number of hydrogen-bond donors (Lipinski definition) is 0. The van der Waals surface area contributed by atoms with Gasteiger partial charge in [0.05, 0.1) is 14.2 Å². The summed E-state index contributed by atoms with van der Waals surface area (Å²) in [7, 11) is 3.16. The molecule has 0 saturated heterocycles. The number of ether oxygens (including phenoxy) is 2. The van der Waals surface area contributed by atoms with Gasteiger partial charge in [0.15, 0.2) is 11.5 Å². The third-order valence-corrected chi connectivity index (χ3v) is 13.2. The zero-order valence-corrected chi connectivity index (χ0v) is 30.7. The molecule has 270 valence electrons. The number of benzene rings is 2. The molecule has 3 fully saturated rings. The molecule has 6 rings (SSSR count). The van der Waals surface area contributed by atoms with Crippen LogP contribution < -0.4 is 9.47 Å². The van der Waals surface area contributed by atoms with Crippen LogP contribution in [0.2, 0.25) is 0 Å². The van der Waals surface area contributed by atoms with Crippen LogP contribution >= 0.6 is 0 Å². The van der Waals surface area contributed by atoms with Crippen molar-refractivity contribution < 1.29 is 28.7 Å². The molecule has 2 aromatic carbocycles. The van der Waals surface area contributed by atoms with Gasteiger partial charge in [0.2, 0.25) is 0 Å². The monoisotopic (exact) mass is 682 g/mol. The molecular formula is C44H58O6. The second-order valence-corrected chi connectivity index (χ2v) is 16.5. The first-order valence-electron chi connectivity index (χ1n) is 19.6. The molecule has 2 atom stereocenters. The fourth-order valence-electron chi connectivity index (χ4n) is 10.3. The maximum absolute atomic E-state index is 14.5. The number of carbonyl (C=O) groups excluding carboxylic acids is 4. The zero-order valence-electron chi connectivity index (χ0n) is 30.7. The molecule has 50 heavy (non-hydrogen) atoms. The lowest BCUT2D eigenvalue weighted by atomic mass is 9.64. The third kappa shape index (κ3) is 8.43. The van der Waals surface area contributed by atoms with E-state index in [2.05, 4.69) is 18.2 Å². The van der Waals surface area contributed by atoms with Crippen molar-refractivity contribution in [2.45, 2.75) is 122 Å². The Labute approximate surface area is 299 Å². The van der Waals surface area contributed by atoms with Gasteiger partial charge in [-0.3, -0.25) is 19.2 Å². The number of Topliss-reactive ketones (excluding diaryl/α,β-unsaturated/α-hetero) is 4. The van der Waals surface area contributed by atoms with Crippen molar-refractivity contribution in [1.82, 2.24) is 0 Å². The van der Waals surface area contributed by atoms with E-state index in [1.165, 1.54) is 37.7 Å². The normalized spacial score (nSPS) is 27.1. The summed E-state index contributed by atoms with van der Waals surface area (Å²) in [5.74, 6) is 3.35. The lowest BCUT2D eigenvalue weighted by Gasteiger charge is -2.39. The summed E-state index contributed by atoms with van der Waals surface area (Å²) in [6, 6.07) is 13.8. The molecule has 0 spiro atoms. The van der Waals surface area contributed by atoms with Crippen LogP contribution in [0.15, 0.2) is 42.5 Å². The first-order valence-corrected chi connectivity index (χ1v) is 19.6. The van der Waals surface area contributed by atoms with Gasteiger partial charge < -0.3 is 9.47 Å². The molecule has 0 amide bonds. The van der Waals surface area contributed by atoms with E-state index >= 15 is 0 Å². The highest BCUT2D eigenvalue weighted by Crippen LogP contribution is 2.45. The number of fused-ring (bicyclic) bond motifs is 1. The highest BCUT2D eigenvalue weighted by Gasteiger charge is 2.44. The summed E-state index contributed by atoms with van der Waals surface area (Å²) in [5.41, 5.74) is 2.23. The van der Waals surface area contributed by atoms with E-state index in [0.717, 1.165) is 74.8 Å². The van der Waals surface area contributed by atoms with Crippen molar-refractivity contribution >= 4 is 23.1 Å². The van der Waals surface area contributed by atoms with Gasteiger partial charge in [0, 0.05) is 48.9 Å². The largest absolute Gasteiger partial charge is 0.493 e. The Balaban J connectivity index is 1.11. The lowest BCUT2D eigenvalue weighted by molar-refractivity contribution is -0.142. The smallest absolute Gasteiger partial charge is 0.161 e. The SMILES string of the molecule is COc1ccc(CC(=O)CC(C)(CC(=O)C2CCC(C3Cc4ccccc4CC3=O)CC2)C(=O)C2CCC(C3CCCCC3)CC2)cc1OC. The van der Waals surface area contributed by atoms with E-state index in [4.69, 9.17) is 9.47 Å². The number of carbonyl (C=O) groups is 4. The van der Waals surface area contributed by atoms with E-state index in [-0.39, 0.29) is 54.4 Å². The van der Waals surface area contributed by atoms with Crippen LogP contribution in [0.3, 0.4) is 0 Å². The molecule has 0 bridgehead atoms. The third-order valence-electron chi connectivity index (χ3n) is 13.2. The van der Waals surface area contributed by atoms with Gasteiger partial charge in [0.1, 0.15) is 23.1 Å². The van der Waals surface area contributed by atoms with Crippen LogP contribution in [-0.4, -0.2) is 37.4 Å². The molecule has 3 saturated carbocycles. The Morgan fingerprint density at radius 2 is 1.32 bits per heavy atom. The Morgan fingerprint density at radius 1 is 0.700 bits per heavy atom. The van der Waals surface area contributed by atoms with Crippen LogP contribution in [-0.2, 0) is 38.4 Å². The molecule has 4 aliphatic rings. The zero-order chi connectivity index (χ0) is 35.3. The van der Waals surface area contributed by atoms with E-state index < -0.39 is 5.41 Å². The van der Waals surface area contributed by atoms with Gasteiger partial charge >= 0.3 is 0 Å². The lowest BCUT2D eigenvalue weighted by Crippen LogP contribution is -2.41. The first-order chi connectivity index (χ1) is 24.2. The van der Waals surface area contributed by atoms with Crippen LogP contribution in [0, 0.1) is 40.9 Å². The molecule has 6 nitrogen and oxygen atoms in total. The molecule has 6 heteroatoms. The minimum Gasteiger partial charge on any atom is -0.493 e. The average Bonchev–Trinajstić information content (AvgIpc) is 3.14. The van der Waals surface area contributed by atoms with Crippen molar-refractivity contribution in [3.63, 3.8) is 0 Å². The summed E-state index contributed by atoms with van der Waals surface area (Å²) in [6.45, 7) is 1.90. The van der Waals surface area contributed by atoms with Crippen molar-refractivity contribution in [2.24, 2.45) is 40.9 Å². The molecule has 2 aromatic rings. The van der Waals surface area contributed by atoms with Gasteiger partial charge in [-0.05, 0) is 104 Å². The second kappa shape index (κ2) is 16.4. The fraction of sp³-hybridized carbons (Fsp3) is 0.636. The second-order valence-electron chi connectivity index (χ2n) is 16.5. The van der Waals surface area contributed by atoms with E-state index in [0.29, 0.717) is 35.5 Å². The topological polar surface area (TPSA) is 86.7 Å². The number of methoxy groups -OCH3 is 2. The fourth-order valence-corrected chi connectivity index (χ4v) is 10.3. The summed E-state index contributed by atoms with van der Waals surface area (Å²) in [5, 5.41) is 0. The Morgan fingerprint density at radius 3 is 2.00 bits per heavy atom. The quantitative estimate of drug-likeness (QED) is 0.210. The van der Waals surface area contributed by atoms with E-state index in [1.54, 1.807) is 20.3 Å². The minimum atomic E-state index is -1.02. The van der Waals surface area contributed by atoms with Crippen molar-refractivity contribution in [3.8, 4) is 11.5 Å². The van der Waals surface area contributed by atoms with Crippen molar-refractivity contribution in [1.29, 1.82) is 0 Å². The molecule has 0 N–H and O–H groups in total. The molecule has 4 aliphatic carbocycles. The summed E-state index contributed by atoms with van der Waals surface area (Å²) in [4.78, 5) is 55.5. The molecular weight excluding hydrogens is 624 g/mol. The van der Waals surface area contributed by atoms with Gasteiger partial charge in [0.25, 0.3) is 0 Å². The van der Waals surface area contributed by atoms with Gasteiger partial charge in [-0.25, -0.2) is 0 Å². The predicted molar refractivity (Wildman–Crippen MR) is 195 cm³/mol. The standard InChI is InChI=1S/C44H58O6/c1-44(27-37(45)23-29-13-22-41(49-2)42(24-29)50-3,43(48)34-20-14-31(15-21-34)30-9-5-4-6-10-30)28-40(47)33-18-16-32(17-19-33)38-25-35-11-7-8-12-36(35)26-39(38)46/h7-8,11-13,22,24,30-34,38H,4-6,9-10,14-21,23,25-28H2,1-3H3. The highest BCUT2D eigenvalue weighted by molar-refractivity contribution is 5.97. The van der Waals surface area contributed by atoms with Gasteiger partial charge in [-0.1, -0.05) is 69.4 Å². The Hall–Kier alpha value is -3.28. The summed E-state index contributed by atoms with van der Waals surface area (Å²) < 4.78 is 10.8. The molecule has 2 unspecified atom stereocenters. The maximum Gasteiger partial charge on any atom is 0.161 e. The number of hydrogen-bond acceptors (Lipinski definition) is 6. The summed E-state index contributed by atoms with van der Waals surface area (Å²) in [6.07, 6.45) is 15.5. The van der Waals surface area contributed by atoms with Crippen molar-refractivity contribution in [2.75, 3.05) is 14.2 Å². The van der Waals surface area contributed by atoms with Crippen LogP contribution in [0.25, 0.3) is 0 Å². The molecule has 0 heterocycles. The minimum absolute atomic E-state index is 0.0310. The average molecular weight is 683 g/mol. The molecule has 0 radical (unpaired) electrons. The van der Waals surface area contributed by atoms with Gasteiger partial charge in [-0.15, -0.1) is 0 Å². The summed E-state index contributed by atoms with van der Waals surface area (Å²) >= 11 is 0. The van der Waals surface area contributed by atoms with E-state index in [9.17, 15) is 19.2 Å². The highest BCUT2D eigenvalue weighted by atomic mass is 16.5. The Kier molecular flexibility index (Phi) is 12.0. The predicted octanol–water partition coefficient (Wildman–Crippen LogP) is 8.92. The number of rotatable bonds is 13. The maximum atomic E-state index is 14.5. The van der Waals surface area contributed by atoms with Crippen molar-refractivity contribution in [3.05, 3.63) is 59.2 Å². The Bertz CT molecular complexity index is 1520.